The summed E-state index contributed by atoms with van der Waals surface area (Å²) in [6.45, 7) is 6.22. The lowest BCUT2D eigenvalue weighted by Gasteiger charge is -2.28. The van der Waals surface area contributed by atoms with Crippen molar-refractivity contribution in [2.24, 2.45) is 0 Å². The van der Waals surface area contributed by atoms with Crippen molar-refractivity contribution in [2.45, 2.75) is 45.6 Å². The van der Waals surface area contributed by atoms with Gasteiger partial charge in [-0.1, -0.05) is 24.6 Å². The molecule has 1 aliphatic heterocycles. The fraction of sp³-hybridized carbons (Fsp3) is 0.409. The molecule has 1 aliphatic rings. The largest absolute Gasteiger partial charge is 0.481 e. The molecule has 0 aliphatic carbocycles. The van der Waals surface area contributed by atoms with Crippen LogP contribution >= 0.6 is 0 Å². The second-order valence-electron chi connectivity index (χ2n) is 6.91. The van der Waals surface area contributed by atoms with Crippen LogP contribution in [0.1, 0.15) is 38.2 Å². The van der Waals surface area contributed by atoms with Gasteiger partial charge in [0, 0.05) is 24.5 Å². The van der Waals surface area contributed by atoms with Crippen LogP contribution in [0.5, 0.6) is 5.75 Å². The molecule has 0 saturated carbocycles. The van der Waals surface area contributed by atoms with Gasteiger partial charge in [-0.05, 0) is 69.0 Å². The van der Waals surface area contributed by atoms with Crippen molar-refractivity contribution in [1.29, 1.82) is 0 Å². The zero-order valence-electron chi connectivity index (χ0n) is 15.7. The Morgan fingerprint density at radius 3 is 2.31 bits per heavy atom. The molecule has 1 saturated heterocycles. The summed E-state index contributed by atoms with van der Waals surface area (Å²) in [5.74, 6) is 0.608. The van der Waals surface area contributed by atoms with Crippen LogP contribution in [0.15, 0.2) is 48.5 Å². The molecule has 0 unspecified atom stereocenters. The van der Waals surface area contributed by atoms with Crippen LogP contribution in [0, 0.1) is 6.92 Å². The molecule has 138 valence electrons. The van der Waals surface area contributed by atoms with Gasteiger partial charge >= 0.3 is 0 Å². The van der Waals surface area contributed by atoms with Crippen molar-refractivity contribution < 1.29 is 9.53 Å². The zero-order valence-corrected chi connectivity index (χ0v) is 15.7. The van der Waals surface area contributed by atoms with E-state index in [-0.39, 0.29) is 5.91 Å². The van der Waals surface area contributed by atoms with Crippen molar-refractivity contribution in [3.8, 4) is 5.75 Å². The molecule has 0 spiro atoms. The number of anilines is 2. The molecule has 1 atom stereocenters. The average molecular weight is 352 g/mol. The van der Waals surface area contributed by atoms with E-state index in [1.54, 1.807) is 0 Å². The van der Waals surface area contributed by atoms with E-state index in [1.165, 1.54) is 30.5 Å². The SMILES string of the molecule is CC[C@@H](Oc1ccc(C)cc1)C(=O)Nc1ccc(N2CCCCC2)cc1. The Labute approximate surface area is 156 Å². The highest BCUT2D eigenvalue weighted by atomic mass is 16.5. The van der Waals surface area contributed by atoms with Gasteiger partial charge < -0.3 is 15.0 Å². The average Bonchev–Trinajstić information content (AvgIpc) is 2.68. The third-order valence-corrected chi connectivity index (χ3v) is 4.82. The van der Waals surface area contributed by atoms with Crippen molar-refractivity contribution in [1.82, 2.24) is 0 Å². The van der Waals surface area contributed by atoms with E-state index in [0.717, 1.165) is 24.5 Å². The first kappa shape index (κ1) is 18.3. The normalized spacial score (nSPS) is 15.4. The topological polar surface area (TPSA) is 41.6 Å². The quantitative estimate of drug-likeness (QED) is 0.813. The van der Waals surface area contributed by atoms with Gasteiger partial charge in [0.1, 0.15) is 5.75 Å². The van der Waals surface area contributed by atoms with Crippen LogP contribution in [0.25, 0.3) is 0 Å². The van der Waals surface area contributed by atoms with Gasteiger partial charge in [-0.3, -0.25) is 4.79 Å². The highest BCUT2D eigenvalue weighted by molar-refractivity contribution is 5.94. The second kappa shape index (κ2) is 8.75. The van der Waals surface area contributed by atoms with E-state index in [9.17, 15) is 4.79 Å². The fourth-order valence-electron chi connectivity index (χ4n) is 3.23. The molecular formula is C22H28N2O2. The summed E-state index contributed by atoms with van der Waals surface area (Å²) in [6, 6.07) is 15.9. The van der Waals surface area contributed by atoms with Crippen LogP contribution in [0.2, 0.25) is 0 Å². The van der Waals surface area contributed by atoms with Gasteiger partial charge in [0.2, 0.25) is 0 Å². The molecule has 0 radical (unpaired) electrons. The monoisotopic (exact) mass is 352 g/mol. The minimum atomic E-state index is -0.500. The Balaban J connectivity index is 1.59. The number of aryl methyl sites for hydroxylation is 1. The molecule has 4 heteroatoms. The third-order valence-electron chi connectivity index (χ3n) is 4.82. The van der Waals surface area contributed by atoms with Gasteiger partial charge in [-0.15, -0.1) is 0 Å². The first-order valence-electron chi connectivity index (χ1n) is 9.55. The molecule has 2 aromatic rings. The highest BCUT2D eigenvalue weighted by Gasteiger charge is 2.19. The number of piperidine rings is 1. The van der Waals surface area contributed by atoms with Crippen LogP contribution in [-0.4, -0.2) is 25.1 Å². The number of hydrogen-bond acceptors (Lipinski definition) is 3. The lowest BCUT2D eigenvalue weighted by atomic mass is 10.1. The van der Waals surface area contributed by atoms with Gasteiger partial charge in [0.15, 0.2) is 6.10 Å². The van der Waals surface area contributed by atoms with Crippen molar-refractivity contribution >= 4 is 17.3 Å². The van der Waals surface area contributed by atoms with Crippen LogP contribution in [0.3, 0.4) is 0 Å². The van der Waals surface area contributed by atoms with Crippen molar-refractivity contribution in [2.75, 3.05) is 23.3 Å². The molecule has 0 bridgehead atoms. The van der Waals surface area contributed by atoms with E-state index in [1.807, 2.05) is 50.2 Å². The zero-order chi connectivity index (χ0) is 18.4. The maximum Gasteiger partial charge on any atom is 0.265 e. The number of amides is 1. The van der Waals surface area contributed by atoms with E-state index >= 15 is 0 Å². The maximum absolute atomic E-state index is 12.6. The number of rotatable bonds is 6. The summed E-state index contributed by atoms with van der Waals surface area (Å²) < 4.78 is 5.85. The van der Waals surface area contributed by atoms with E-state index < -0.39 is 6.10 Å². The Morgan fingerprint density at radius 1 is 1.04 bits per heavy atom. The number of carbonyl (C=O) groups is 1. The molecule has 2 aromatic carbocycles. The maximum atomic E-state index is 12.6. The Morgan fingerprint density at radius 2 is 1.69 bits per heavy atom. The predicted octanol–water partition coefficient (Wildman–Crippen LogP) is 4.78. The number of ether oxygens (including phenoxy) is 1. The first-order valence-corrected chi connectivity index (χ1v) is 9.55. The van der Waals surface area contributed by atoms with Crippen molar-refractivity contribution in [3.05, 3.63) is 54.1 Å². The molecule has 4 nitrogen and oxygen atoms in total. The molecule has 1 fully saturated rings. The first-order chi connectivity index (χ1) is 12.7. The van der Waals surface area contributed by atoms with E-state index in [0.29, 0.717) is 6.42 Å². The van der Waals surface area contributed by atoms with Gasteiger partial charge in [0.05, 0.1) is 0 Å². The Bertz CT molecular complexity index is 704. The highest BCUT2D eigenvalue weighted by Crippen LogP contribution is 2.22. The molecule has 1 N–H and O–H groups in total. The van der Waals surface area contributed by atoms with E-state index in [2.05, 4.69) is 22.3 Å². The summed E-state index contributed by atoms with van der Waals surface area (Å²) in [6.07, 6.45) is 3.95. The number of hydrogen-bond donors (Lipinski definition) is 1. The van der Waals surface area contributed by atoms with Crippen molar-refractivity contribution in [3.63, 3.8) is 0 Å². The summed E-state index contributed by atoms with van der Waals surface area (Å²) in [4.78, 5) is 15.0. The molecular weight excluding hydrogens is 324 g/mol. The molecule has 3 rings (SSSR count). The summed E-state index contributed by atoms with van der Waals surface area (Å²) >= 11 is 0. The molecule has 1 heterocycles. The summed E-state index contributed by atoms with van der Waals surface area (Å²) in [5, 5.41) is 2.97. The van der Waals surface area contributed by atoms with Crippen LogP contribution in [-0.2, 0) is 4.79 Å². The van der Waals surface area contributed by atoms with Gasteiger partial charge in [0.25, 0.3) is 5.91 Å². The fourth-order valence-corrected chi connectivity index (χ4v) is 3.23. The van der Waals surface area contributed by atoms with E-state index in [4.69, 9.17) is 4.74 Å². The number of nitrogens with one attached hydrogen (secondary N) is 1. The molecule has 1 amide bonds. The van der Waals surface area contributed by atoms with Crippen LogP contribution < -0.4 is 15.0 Å². The lowest BCUT2D eigenvalue weighted by molar-refractivity contribution is -0.122. The molecule has 0 aromatic heterocycles. The molecule has 26 heavy (non-hydrogen) atoms. The smallest absolute Gasteiger partial charge is 0.265 e. The Hall–Kier alpha value is -2.49. The minimum Gasteiger partial charge on any atom is -0.481 e. The predicted molar refractivity (Wildman–Crippen MR) is 107 cm³/mol. The summed E-state index contributed by atoms with van der Waals surface area (Å²) in [5.41, 5.74) is 3.20. The number of benzene rings is 2. The summed E-state index contributed by atoms with van der Waals surface area (Å²) in [7, 11) is 0. The third kappa shape index (κ3) is 4.78. The lowest BCUT2D eigenvalue weighted by Crippen LogP contribution is -2.32. The standard InChI is InChI=1S/C22H28N2O2/c1-3-21(26-20-13-7-17(2)8-14-20)22(25)23-18-9-11-19(12-10-18)24-15-5-4-6-16-24/h7-14,21H,3-6,15-16H2,1-2H3,(H,23,25)/t21-/m1/s1. The van der Waals surface area contributed by atoms with Crippen LogP contribution in [0.4, 0.5) is 11.4 Å². The minimum absolute atomic E-state index is 0.112. The van der Waals surface area contributed by atoms with Gasteiger partial charge in [-0.2, -0.15) is 0 Å². The Kier molecular flexibility index (Phi) is 6.16. The van der Waals surface area contributed by atoms with Gasteiger partial charge in [-0.25, -0.2) is 0 Å². The second-order valence-corrected chi connectivity index (χ2v) is 6.91. The number of nitrogens with zero attached hydrogens (tertiary/aromatic N) is 1. The number of carbonyl (C=O) groups excluding carboxylic acids is 1.